The zero-order chi connectivity index (χ0) is 14.7. The zero-order valence-corrected chi connectivity index (χ0v) is 10.8. The van der Waals surface area contributed by atoms with Crippen LogP contribution < -0.4 is 10.5 Å². The smallest absolute Gasteiger partial charge is 0.387 e. The molecule has 0 bridgehead atoms. The topological polar surface area (TPSA) is 53.1 Å². The number of halogens is 3. The first-order valence-electron chi connectivity index (χ1n) is 6.09. The molecule has 0 aliphatic carbocycles. The van der Waals surface area contributed by atoms with Gasteiger partial charge < -0.3 is 15.0 Å². The quantitative estimate of drug-likeness (QED) is 0.859. The Hall–Kier alpha value is -2.18. The van der Waals surface area contributed by atoms with Crippen molar-refractivity contribution >= 4 is 5.69 Å². The summed E-state index contributed by atoms with van der Waals surface area (Å²) < 4.78 is 43.8. The van der Waals surface area contributed by atoms with Crippen LogP contribution in [0.5, 0.6) is 5.75 Å². The Kier molecular flexibility index (Phi) is 4.16. The number of nitrogen functional groups attached to an aromatic ring is 1. The van der Waals surface area contributed by atoms with Crippen LogP contribution in [-0.2, 0) is 6.42 Å². The minimum absolute atomic E-state index is 0.125. The number of benzene rings is 1. The average molecular weight is 285 g/mol. The maximum absolute atomic E-state index is 13.5. The van der Waals surface area contributed by atoms with Crippen LogP contribution in [0.2, 0.25) is 0 Å². The normalized spacial score (nSPS) is 11.1. The molecule has 2 aromatic rings. The second-order valence-electron chi connectivity index (χ2n) is 4.18. The largest absolute Gasteiger partial charge is 0.432 e. The Bertz CT molecular complexity index is 599. The Morgan fingerprint density at radius 3 is 2.80 bits per heavy atom. The highest BCUT2D eigenvalue weighted by atomic mass is 19.3. The summed E-state index contributed by atoms with van der Waals surface area (Å²) in [5, 5.41) is 0. The molecule has 0 amide bonds. The first kappa shape index (κ1) is 14.2. The van der Waals surface area contributed by atoms with Gasteiger partial charge in [-0.3, -0.25) is 0 Å². The van der Waals surface area contributed by atoms with E-state index >= 15 is 0 Å². The van der Waals surface area contributed by atoms with E-state index in [-0.39, 0.29) is 5.69 Å². The lowest BCUT2D eigenvalue weighted by molar-refractivity contribution is -0.0521. The van der Waals surface area contributed by atoms with Gasteiger partial charge in [-0.1, -0.05) is 6.92 Å². The third-order valence-electron chi connectivity index (χ3n) is 2.75. The number of aryl methyl sites for hydroxylation is 1. The molecule has 0 aliphatic rings. The van der Waals surface area contributed by atoms with Crippen molar-refractivity contribution in [2.75, 3.05) is 5.73 Å². The summed E-state index contributed by atoms with van der Waals surface area (Å²) in [4.78, 5) is 4.16. The standard InChI is InChI=1S/C13H14F3N3O/c1-2-3-12-18-4-5-19(12)10-7-11(20-13(15)16)8(14)6-9(10)17/h4-7,13H,2-3,17H2,1H3. The SMILES string of the molecule is CCCc1nccn1-c1cc(OC(F)F)c(F)cc1N. The van der Waals surface area contributed by atoms with Crippen LogP contribution in [0.25, 0.3) is 5.69 Å². The van der Waals surface area contributed by atoms with E-state index in [2.05, 4.69) is 9.72 Å². The Labute approximate surface area is 114 Å². The molecule has 0 spiro atoms. The molecule has 0 atom stereocenters. The number of hydrogen-bond donors (Lipinski definition) is 1. The van der Waals surface area contributed by atoms with E-state index in [0.717, 1.165) is 18.6 Å². The number of anilines is 1. The fourth-order valence-corrected chi connectivity index (χ4v) is 1.92. The summed E-state index contributed by atoms with van der Waals surface area (Å²) in [6, 6.07) is 2.11. The van der Waals surface area contributed by atoms with Gasteiger partial charge in [-0.2, -0.15) is 8.78 Å². The minimum atomic E-state index is -3.10. The van der Waals surface area contributed by atoms with Gasteiger partial charge in [0, 0.05) is 30.9 Å². The maximum Gasteiger partial charge on any atom is 0.387 e. The van der Waals surface area contributed by atoms with Crippen LogP contribution >= 0.6 is 0 Å². The fraction of sp³-hybridized carbons (Fsp3) is 0.308. The molecular weight excluding hydrogens is 271 g/mol. The van der Waals surface area contributed by atoms with Crippen LogP contribution in [0.3, 0.4) is 0 Å². The number of nitrogens with two attached hydrogens (primary N) is 1. The Balaban J connectivity index is 2.47. The van der Waals surface area contributed by atoms with Gasteiger partial charge >= 0.3 is 6.61 Å². The minimum Gasteiger partial charge on any atom is -0.432 e. The molecule has 2 N–H and O–H groups in total. The number of nitrogens with zero attached hydrogens (tertiary/aromatic N) is 2. The second-order valence-corrected chi connectivity index (χ2v) is 4.18. The lowest BCUT2D eigenvalue weighted by Crippen LogP contribution is -2.08. The van der Waals surface area contributed by atoms with Crippen molar-refractivity contribution in [3.63, 3.8) is 0 Å². The number of ether oxygens (including phenoxy) is 1. The summed E-state index contributed by atoms with van der Waals surface area (Å²) in [5.41, 5.74) is 6.23. The molecule has 0 fully saturated rings. The third-order valence-corrected chi connectivity index (χ3v) is 2.75. The van der Waals surface area contributed by atoms with Crippen molar-refractivity contribution in [3.05, 3.63) is 36.2 Å². The highest BCUT2D eigenvalue weighted by Gasteiger charge is 2.15. The van der Waals surface area contributed by atoms with Crippen molar-refractivity contribution in [1.29, 1.82) is 0 Å². The lowest BCUT2D eigenvalue weighted by Gasteiger charge is -2.13. The predicted molar refractivity (Wildman–Crippen MR) is 68.6 cm³/mol. The number of rotatable bonds is 5. The van der Waals surface area contributed by atoms with Crippen LogP contribution in [0.1, 0.15) is 19.2 Å². The van der Waals surface area contributed by atoms with Gasteiger partial charge in [0.15, 0.2) is 11.6 Å². The summed E-state index contributed by atoms with van der Waals surface area (Å²) in [6.45, 7) is -1.11. The summed E-state index contributed by atoms with van der Waals surface area (Å²) in [6.07, 6.45) is 4.76. The molecule has 4 nitrogen and oxygen atoms in total. The first-order chi connectivity index (χ1) is 9.52. The van der Waals surface area contributed by atoms with Crippen LogP contribution in [-0.4, -0.2) is 16.2 Å². The van der Waals surface area contributed by atoms with Gasteiger partial charge in [-0.15, -0.1) is 0 Å². The van der Waals surface area contributed by atoms with E-state index in [1.54, 1.807) is 17.0 Å². The van der Waals surface area contributed by atoms with Gasteiger partial charge in [-0.05, 0) is 6.42 Å². The van der Waals surface area contributed by atoms with Crippen LogP contribution in [0.15, 0.2) is 24.5 Å². The molecular formula is C13H14F3N3O. The van der Waals surface area contributed by atoms with Crippen molar-refractivity contribution in [2.24, 2.45) is 0 Å². The average Bonchev–Trinajstić information content (AvgIpc) is 2.81. The summed E-state index contributed by atoms with van der Waals surface area (Å²) in [7, 11) is 0. The number of alkyl halides is 2. The maximum atomic E-state index is 13.5. The molecule has 0 aliphatic heterocycles. The molecule has 0 unspecified atom stereocenters. The fourth-order valence-electron chi connectivity index (χ4n) is 1.92. The van der Waals surface area contributed by atoms with Gasteiger partial charge in [-0.25, -0.2) is 9.37 Å². The molecule has 0 radical (unpaired) electrons. The van der Waals surface area contributed by atoms with E-state index in [4.69, 9.17) is 5.73 Å². The van der Waals surface area contributed by atoms with Gasteiger partial charge in [0.1, 0.15) is 5.82 Å². The van der Waals surface area contributed by atoms with E-state index in [0.29, 0.717) is 17.9 Å². The number of aromatic nitrogens is 2. The van der Waals surface area contributed by atoms with E-state index in [1.807, 2.05) is 6.92 Å². The Morgan fingerprint density at radius 2 is 2.15 bits per heavy atom. The van der Waals surface area contributed by atoms with E-state index < -0.39 is 18.2 Å². The van der Waals surface area contributed by atoms with Gasteiger partial charge in [0.25, 0.3) is 0 Å². The highest BCUT2D eigenvalue weighted by Crippen LogP contribution is 2.29. The summed E-state index contributed by atoms with van der Waals surface area (Å²) in [5.74, 6) is -0.752. The Morgan fingerprint density at radius 1 is 1.40 bits per heavy atom. The van der Waals surface area contributed by atoms with Crippen molar-refractivity contribution in [3.8, 4) is 11.4 Å². The highest BCUT2D eigenvalue weighted by molar-refractivity contribution is 5.61. The molecule has 108 valence electrons. The predicted octanol–water partition coefficient (Wildman–Crippen LogP) is 3.15. The van der Waals surface area contributed by atoms with Crippen molar-refractivity contribution in [2.45, 2.75) is 26.4 Å². The van der Waals surface area contributed by atoms with E-state index in [9.17, 15) is 13.2 Å². The van der Waals surface area contributed by atoms with Crippen LogP contribution in [0, 0.1) is 5.82 Å². The first-order valence-corrected chi connectivity index (χ1v) is 6.09. The molecule has 1 heterocycles. The van der Waals surface area contributed by atoms with Crippen molar-refractivity contribution in [1.82, 2.24) is 9.55 Å². The third kappa shape index (κ3) is 2.87. The molecule has 1 aromatic carbocycles. The molecule has 0 saturated heterocycles. The lowest BCUT2D eigenvalue weighted by atomic mass is 10.2. The van der Waals surface area contributed by atoms with Gasteiger partial charge in [0.05, 0.1) is 11.4 Å². The number of hydrogen-bond acceptors (Lipinski definition) is 3. The van der Waals surface area contributed by atoms with Gasteiger partial charge in [0.2, 0.25) is 0 Å². The van der Waals surface area contributed by atoms with Crippen LogP contribution in [0.4, 0.5) is 18.9 Å². The molecule has 2 rings (SSSR count). The van der Waals surface area contributed by atoms with Crippen molar-refractivity contribution < 1.29 is 17.9 Å². The molecule has 7 heteroatoms. The monoisotopic (exact) mass is 285 g/mol. The second kappa shape index (κ2) is 5.85. The number of imidazole rings is 1. The van der Waals surface area contributed by atoms with E-state index in [1.165, 1.54) is 0 Å². The summed E-state index contributed by atoms with van der Waals surface area (Å²) >= 11 is 0. The molecule has 0 saturated carbocycles. The zero-order valence-electron chi connectivity index (χ0n) is 10.8. The molecule has 1 aromatic heterocycles. The molecule has 20 heavy (non-hydrogen) atoms.